The van der Waals surface area contributed by atoms with Gasteiger partial charge in [-0.15, -0.1) is 0 Å². The van der Waals surface area contributed by atoms with Gasteiger partial charge in [-0.2, -0.15) is 0 Å². The van der Waals surface area contributed by atoms with E-state index in [2.05, 4.69) is 17.2 Å². The van der Waals surface area contributed by atoms with Crippen molar-refractivity contribution in [2.45, 2.75) is 6.04 Å². The predicted molar refractivity (Wildman–Crippen MR) is 60.1 cm³/mol. The molecule has 0 spiro atoms. The van der Waals surface area contributed by atoms with E-state index in [0.29, 0.717) is 0 Å². The number of carboxylic acid groups (broad SMARTS) is 2. The quantitative estimate of drug-likeness (QED) is 0.449. The van der Waals surface area contributed by atoms with Crippen LogP contribution in [-0.4, -0.2) is 32.5 Å². The van der Waals surface area contributed by atoms with Gasteiger partial charge in [-0.05, 0) is 12.1 Å². The minimum absolute atomic E-state index is 0. The molecule has 0 saturated heterocycles. The number of nitrogens with zero attached hydrogens (tertiary/aromatic N) is 1. The molecule has 0 fully saturated rings. The van der Waals surface area contributed by atoms with E-state index in [1.54, 1.807) is 6.20 Å². The molecule has 0 aromatic carbocycles. The summed E-state index contributed by atoms with van der Waals surface area (Å²) in [5.74, 6) is -3.65. The Kier molecular flexibility index (Phi) is 10.7. The topological polar surface area (TPSA) is 114 Å². The normalized spacial score (nSPS) is 9.94. The zero-order valence-corrected chi connectivity index (χ0v) is 11.5. The van der Waals surface area contributed by atoms with Crippen LogP contribution >= 0.6 is 12.2 Å². The number of carboxylic acids is 2. The maximum atomic E-state index is 9.10. The van der Waals surface area contributed by atoms with E-state index in [1.165, 1.54) is 5.37 Å². The summed E-state index contributed by atoms with van der Waals surface area (Å²) in [6.07, 6.45) is 1.70. The monoisotopic (exact) mass is 437 g/mol. The predicted octanol–water partition coefficient (Wildman–Crippen LogP) is 0.234. The van der Waals surface area contributed by atoms with E-state index in [-0.39, 0.29) is 27.1 Å². The Morgan fingerprint density at radius 1 is 1.35 bits per heavy atom. The van der Waals surface area contributed by atoms with Gasteiger partial charge in [-0.1, -0.05) is 18.3 Å². The summed E-state index contributed by atoms with van der Waals surface area (Å²) in [7, 11) is 0. The summed E-state index contributed by atoms with van der Waals surface area (Å²) < 4.78 is 0. The average Bonchev–Trinajstić information content (AvgIpc) is 2.30. The van der Waals surface area contributed by atoms with Gasteiger partial charge in [0.2, 0.25) is 0 Å². The average molecular weight is 437 g/mol. The molecule has 0 radical (unpaired) electrons. The van der Waals surface area contributed by atoms with Crippen molar-refractivity contribution >= 4 is 29.5 Å². The zero-order chi connectivity index (χ0) is 12.6. The molecule has 0 aliphatic heterocycles. The van der Waals surface area contributed by atoms with E-state index < -0.39 is 11.9 Å². The van der Waals surface area contributed by atoms with E-state index in [0.717, 1.165) is 5.69 Å². The van der Waals surface area contributed by atoms with Gasteiger partial charge < -0.3 is 15.9 Å². The summed E-state index contributed by atoms with van der Waals surface area (Å²) in [6.45, 7) is 0. The van der Waals surface area contributed by atoms with Crippen LogP contribution in [0.1, 0.15) is 11.7 Å². The second kappa shape index (κ2) is 10.0. The number of pyridine rings is 1. The molecule has 4 N–H and O–H groups in total. The van der Waals surface area contributed by atoms with Crippen LogP contribution in [0.4, 0.5) is 0 Å². The molecule has 6 nitrogen and oxygen atoms in total. The number of rotatable bonds is 2. The van der Waals surface area contributed by atoms with Crippen LogP contribution in [0.25, 0.3) is 0 Å². The number of thiocarbonyl (C=S) groups is 1. The van der Waals surface area contributed by atoms with E-state index in [9.17, 15) is 0 Å². The number of hydrogen-bond acceptors (Lipinski definition) is 5. The maximum absolute atomic E-state index is 9.10. The zero-order valence-electron chi connectivity index (χ0n) is 8.42. The smallest absolute Gasteiger partial charge is 0.414 e. The number of aliphatic carboxylic acids is 2. The van der Waals surface area contributed by atoms with Gasteiger partial charge >= 0.3 is 11.9 Å². The standard InChI is InChI=1S/C7H8N2S.C2H2O4.Pt/c8-6(5-10)7-3-1-2-4-9-7;3-1(4)2(5)6;/h1-6H,8H2;(H,3,4)(H,5,6);. The van der Waals surface area contributed by atoms with Crippen LogP contribution in [0.5, 0.6) is 0 Å². The number of carbonyl (C=O) groups is 2. The maximum Gasteiger partial charge on any atom is 0.414 e. The molecule has 1 heterocycles. The fourth-order valence-electron chi connectivity index (χ4n) is 0.643. The van der Waals surface area contributed by atoms with Gasteiger partial charge in [0, 0.05) is 32.6 Å². The number of nitrogens with two attached hydrogens (primary N) is 1. The Balaban J connectivity index is 0. The van der Waals surface area contributed by atoms with Crippen molar-refractivity contribution < 1.29 is 40.9 Å². The van der Waals surface area contributed by atoms with Crippen molar-refractivity contribution in [1.82, 2.24) is 4.98 Å². The minimum Gasteiger partial charge on any atom is -0.473 e. The van der Waals surface area contributed by atoms with Crippen LogP contribution in [-0.2, 0) is 30.7 Å². The molecule has 0 saturated carbocycles. The van der Waals surface area contributed by atoms with Gasteiger partial charge in [0.25, 0.3) is 0 Å². The van der Waals surface area contributed by atoms with Crippen LogP contribution in [0.2, 0.25) is 0 Å². The van der Waals surface area contributed by atoms with E-state index in [1.807, 2.05) is 18.2 Å². The summed E-state index contributed by atoms with van der Waals surface area (Å²) >= 11 is 4.67. The Morgan fingerprint density at radius 2 is 1.88 bits per heavy atom. The Bertz CT molecular complexity index is 363. The van der Waals surface area contributed by atoms with Crippen molar-refractivity contribution in [2.24, 2.45) is 5.73 Å². The van der Waals surface area contributed by atoms with Crippen molar-refractivity contribution in [1.29, 1.82) is 0 Å². The Morgan fingerprint density at radius 3 is 2.18 bits per heavy atom. The van der Waals surface area contributed by atoms with Crippen LogP contribution in [0.3, 0.4) is 0 Å². The molecule has 17 heavy (non-hydrogen) atoms. The first-order chi connectivity index (χ1) is 7.49. The van der Waals surface area contributed by atoms with Crippen LogP contribution < -0.4 is 5.73 Å². The summed E-state index contributed by atoms with van der Waals surface area (Å²) in [5, 5.41) is 16.3. The fourth-order valence-corrected chi connectivity index (χ4v) is 0.782. The third-order valence-corrected chi connectivity index (χ3v) is 1.65. The number of hydrogen-bond donors (Lipinski definition) is 3. The molecule has 1 unspecified atom stereocenters. The fraction of sp³-hybridized carbons (Fsp3) is 0.111. The molecule has 1 aromatic heterocycles. The first kappa shape index (κ1) is 18.2. The molecule has 1 atom stereocenters. The molecule has 0 amide bonds. The van der Waals surface area contributed by atoms with Gasteiger partial charge in [-0.3, -0.25) is 4.98 Å². The first-order valence-electron chi connectivity index (χ1n) is 4.07. The molecule has 0 aliphatic carbocycles. The third kappa shape index (κ3) is 8.62. The molecule has 0 bridgehead atoms. The van der Waals surface area contributed by atoms with Gasteiger partial charge in [0.05, 0.1) is 11.7 Å². The molecule has 96 valence electrons. The Labute approximate surface area is 117 Å². The second-order valence-electron chi connectivity index (χ2n) is 2.53. The SMILES string of the molecule is NC(C=S)c1ccccn1.O=C(O)C(=O)O.[Pt]. The van der Waals surface area contributed by atoms with Crippen LogP contribution in [0.15, 0.2) is 24.4 Å². The Hall–Kier alpha value is -1.17. The van der Waals surface area contributed by atoms with Gasteiger partial charge in [-0.25, -0.2) is 9.59 Å². The van der Waals surface area contributed by atoms with Crippen molar-refractivity contribution in [3.8, 4) is 0 Å². The summed E-state index contributed by atoms with van der Waals surface area (Å²) in [4.78, 5) is 22.2. The van der Waals surface area contributed by atoms with Crippen molar-refractivity contribution in [3.63, 3.8) is 0 Å². The molecular weight excluding hydrogens is 427 g/mol. The van der Waals surface area contributed by atoms with E-state index >= 15 is 0 Å². The van der Waals surface area contributed by atoms with Crippen molar-refractivity contribution in [2.75, 3.05) is 0 Å². The van der Waals surface area contributed by atoms with Crippen molar-refractivity contribution in [3.05, 3.63) is 30.1 Å². The largest absolute Gasteiger partial charge is 0.473 e. The molecule has 1 rings (SSSR count). The first-order valence-corrected chi connectivity index (χ1v) is 4.54. The minimum atomic E-state index is -1.82. The molecular formula is C9H10N2O4PtS. The number of aromatic nitrogens is 1. The molecule has 8 heteroatoms. The van der Waals surface area contributed by atoms with Gasteiger partial charge in [0.15, 0.2) is 0 Å². The summed E-state index contributed by atoms with van der Waals surface area (Å²) in [5.41, 5.74) is 6.39. The molecule has 1 aromatic rings. The molecule has 0 aliphatic rings. The summed E-state index contributed by atoms with van der Waals surface area (Å²) in [6, 6.07) is 5.38. The second-order valence-corrected chi connectivity index (χ2v) is 2.80. The third-order valence-electron chi connectivity index (χ3n) is 1.36. The van der Waals surface area contributed by atoms with E-state index in [4.69, 9.17) is 25.5 Å². The van der Waals surface area contributed by atoms with Crippen LogP contribution in [0, 0.1) is 0 Å². The van der Waals surface area contributed by atoms with Gasteiger partial charge in [0.1, 0.15) is 0 Å².